The maximum absolute atomic E-state index is 9.06. The largest absolute Gasteiger partial charge is 0.396 e. The molecule has 1 saturated carbocycles. The lowest BCUT2D eigenvalue weighted by Gasteiger charge is -2.28. The second-order valence-corrected chi connectivity index (χ2v) is 4.64. The summed E-state index contributed by atoms with van der Waals surface area (Å²) in [6.07, 6.45) is 8.39. The van der Waals surface area contributed by atoms with Gasteiger partial charge in [0.05, 0.1) is 0 Å². The van der Waals surface area contributed by atoms with Crippen molar-refractivity contribution in [3.05, 3.63) is 30.1 Å². The van der Waals surface area contributed by atoms with E-state index in [2.05, 4.69) is 16.4 Å². The van der Waals surface area contributed by atoms with Gasteiger partial charge in [-0.2, -0.15) is 0 Å². The van der Waals surface area contributed by atoms with Gasteiger partial charge in [-0.1, -0.05) is 6.07 Å². The first-order valence-corrected chi connectivity index (χ1v) is 6.11. The van der Waals surface area contributed by atoms with Crippen molar-refractivity contribution in [2.75, 3.05) is 6.61 Å². The monoisotopic (exact) mass is 220 g/mol. The molecule has 1 aliphatic rings. The van der Waals surface area contributed by atoms with Gasteiger partial charge in [0.15, 0.2) is 0 Å². The first kappa shape index (κ1) is 11.6. The van der Waals surface area contributed by atoms with E-state index in [9.17, 15) is 0 Å². The third kappa shape index (κ3) is 3.29. The molecule has 0 atom stereocenters. The van der Waals surface area contributed by atoms with Gasteiger partial charge >= 0.3 is 0 Å². The Bertz CT molecular complexity index is 294. The van der Waals surface area contributed by atoms with Crippen LogP contribution in [0.25, 0.3) is 0 Å². The Balaban J connectivity index is 1.72. The first-order valence-electron chi connectivity index (χ1n) is 6.11. The average molecular weight is 220 g/mol. The van der Waals surface area contributed by atoms with Crippen LogP contribution >= 0.6 is 0 Å². The van der Waals surface area contributed by atoms with E-state index in [0.717, 1.165) is 19.4 Å². The lowest BCUT2D eigenvalue weighted by Crippen LogP contribution is -2.33. The highest BCUT2D eigenvalue weighted by Crippen LogP contribution is 2.23. The zero-order valence-corrected chi connectivity index (χ0v) is 9.60. The molecule has 3 heteroatoms. The maximum Gasteiger partial charge on any atom is 0.0459 e. The van der Waals surface area contributed by atoms with Crippen LogP contribution in [0.4, 0.5) is 0 Å². The van der Waals surface area contributed by atoms with Gasteiger partial charge in [0.25, 0.3) is 0 Å². The van der Waals surface area contributed by atoms with Crippen LogP contribution < -0.4 is 5.32 Å². The van der Waals surface area contributed by atoms with Crippen LogP contribution in [0, 0.1) is 5.92 Å². The number of aromatic nitrogens is 1. The third-order valence-electron chi connectivity index (χ3n) is 3.42. The molecule has 1 heterocycles. The Morgan fingerprint density at radius 3 is 2.75 bits per heavy atom. The fraction of sp³-hybridized carbons (Fsp3) is 0.615. The molecule has 0 unspecified atom stereocenters. The van der Waals surface area contributed by atoms with Gasteiger partial charge in [0.2, 0.25) is 0 Å². The van der Waals surface area contributed by atoms with Gasteiger partial charge in [0, 0.05) is 31.6 Å². The molecule has 88 valence electrons. The average Bonchev–Trinajstić information content (AvgIpc) is 2.38. The number of rotatable bonds is 4. The van der Waals surface area contributed by atoms with Gasteiger partial charge < -0.3 is 10.4 Å². The number of hydrogen-bond acceptors (Lipinski definition) is 3. The van der Waals surface area contributed by atoms with E-state index in [1.54, 1.807) is 6.20 Å². The van der Waals surface area contributed by atoms with E-state index in [1.165, 1.54) is 18.4 Å². The zero-order valence-electron chi connectivity index (χ0n) is 9.60. The Kier molecular flexibility index (Phi) is 4.31. The van der Waals surface area contributed by atoms with Crippen molar-refractivity contribution in [2.45, 2.75) is 38.3 Å². The standard InChI is InChI=1S/C13H20N2O/c16-10-11-3-5-13(6-4-11)15-9-12-2-1-7-14-8-12/h1-2,7-8,11,13,15-16H,3-6,9-10H2. The minimum Gasteiger partial charge on any atom is -0.396 e. The molecule has 0 radical (unpaired) electrons. The molecule has 1 fully saturated rings. The Morgan fingerprint density at radius 1 is 1.31 bits per heavy atom. The normalized spacial score (nSPS) is 25.6. The van der Waals surface area contributed by atoms with E-state index in [-0.39, 0.29) is 0 Å². The highest BCUT2D eigenvalue weighted by molar-refractivity contribution is 5.08. The summed E-state index contributed by atoms with van der Waals surface area (Å²) in [7, 11) is 0. The summed E-state index contributed by atoms with van der Waals surface area (Å²) in [6, 6.07) is 4.68. The number of aliphatic hydroxyl groups excluding tert-OH is 1. The smallest absolute Gasteiger partial charge is 0.0459 e. The summed E-state index contributed by atoms with van der Waals surface area (Å²) in [5, 5.41) is 12.6. The van der Waals surface area contributed by atoms with Gasteiger partial charge in [-0.05, 0) is 43.2 Å². The highest BCUT2D eigenvalue weighted by atomic mass is 16.3. The van der Waals surface area contributed by atoms with Crippen LogP contribution in [0.5, 0.6) is 0 Å². The Morgan fingerprint density at radius 2 is 2.12 bits per heavy atom. The van der Waals surface area contributed by atoms with E-state index in [0.29, 0.717) is 18.6 Å². The highest BCUT2D eigenvalue weighted by Gasteiger charge is 2.19. The van der Waals surface area contributed by atoms with E-state index >= 15 is 0 Å². The molecule has 1 aromatic heterocycles. The quantitative estimate of drug-likeness (QED) is 0.812. The van der Waals surface area contributed by atoms with Crippen LogP contribution in [0.2, 0.25) is 0 Å². The van der Waals surface area contributed by atoms with E-state index < -0.39 is 0 Å². The fourth-order valence-corrected chi connectivity index (χ4v) is 2.31. The Hall–Kier alpha value is -0.930. The van der Waals surface area contributed by atoms with Crippen molar-refractivity contribution in [3.8, 4) is 0 Å². The molecule has 0 aromatic carbocycles. The molecule has 2 N–H and O–H groups in total. The zero-order chi connectivity index (χ0) is 11.2. The lowest BCUT2D eigenvalue weighted by atomic mass is 9.86. The molecule has 0 saturated heterocycles. The molecule has 0 aliphatic heterocycles. The maximum atomic E-state index is 9.06. The minimum absolute atomic E-state index is 0.356. The summed E-state index contributed by atoms with van der Waals surface area (Å²) in [5.41, 5.74) is 1.24. The van der Waals surface area contributed by atoms with Crippen LogP contribution in [-0.4, -0.2) is 22.7 Å². The summed E-state index contributed by atoms with van der Waals surface area (Å²) in [5.74, 6) is 0.538. The van der Waals surface area contributed by atoms with Gasteiger partial charge in [-0.25, -0.2) is 0 Å². The molecule has 2 rings (SSSR count). The van der Waals surface area contributed by atoms with Crippen LogP contribution in [0.1, 0.15) is 31.2 Å². The van der Waals surface area contributed by atoms with Gasteiger partial charge in [0.1, 0.15) is 0 Å². The van der Waals surface area contributed by atoms with Gasteiger partial charge in [-0.3, -0.25) is 4.98 Å². The van der Waals surface area contributed by atoms with Gasteiger partial charge in [-0.15, -0.1) is 0 Å². The molecule has 1 aromatic rings. The molecular formula is C13H20N2O. The van der Waals surface area contributed by atoms with Crippen LogP contribution in [0.15, 0.2) is 24.5 Å². The molecule has 0 bridgehead atoms. The molecule has 1 aliphatic carbocycles. The molecule has 0 spiro atoms. The topological polar surface area (TPSA) is 45.1 Å². The number of aliphatic hydroxyl groups is 1. The van der Waals surface area contributed by atoms with E-state index in [1.807, 2.05) is 12.3 Å². The van der Waals surface area contributed by atoms with Crippen molar-refractivity contribution >= 4 is 0 Å². The number of hydrogen-bond donors (Lipinski definition) is 2. The van der Waals surface area contributed by atoms with Crippen LogP contribution in [-0.2, 0) is 6.54 Å². The summed E-state index contributed by atoms with van der Waals surface area (Å²) in [4.78, 5) is 4.10. The second-order valence-electron chi connectivity index (χ2n) is 4.64. The van der Waals surface area contributed by atoms with Crippen molar-refractivity contribution < 1.29 is 5.11 Å². The molecular weight excluding hydrogens is 200 g/mol. The summed E-state index contributed by atoms with van der Waals surface area (Å²) in [6.45, 7) is 1.26. The van der Waals surface area contributed by atoms with E-state index in [4.69, 9.17) is 5.11 Å². The predicted molar refractivity (Wildman–Crippen MR) is 63.9 cm³/mol. The van der Waals surface area contributed by atoms with Crippen molar-refractivity contribution in [2.24, 2.45) is 5.92 Å². The number of nitrogens with zero attached hydrogens (tertiary/aromatic N) is 1. The SMILES string of the molecule is OCC1CCC(NCc2cccnc2)CC1. The molecule has 3 nitrogen and oxygen atoms in total. The number of nitrogens with one attached hydrogen (secondary N) is 1. The molecule has 16 heavy (non-hydrogen) atoms. The lowest BCUT2D eigenvalue weighted by molar-refractivity contribution is 0.175. The Labute approximate surface area is 96.9 Å². The third-order valence-corrected chi connectivity index (χ3v) is 3.42. The summed E-state index contributed by atoms with van der Waals surface area (Å²) < 4.78 is 0. The first-order chi connectivity index (χ1) is 7.88. The minimum atomic E-state index is 0.356. The molecule has 0 amide bonds. The van der Waals surface area contributed by atoms with Crippen LogP contribution in [0.3, 0.4) is 0 Å². The van der Waals surface area contributed by atoms with Crippen molar-refractivity contribution in [1.82, 2.24) is 10.3 Å². The summed E-state index contributed by atoms with van der Waals surface area (Å²) >= 11 is 0. The fourth-order valence-electron chi connectivity index (χ4n) is 2.31. The second kappa shape index (κ2) is 5.97. The number of pyridine rings is 1. The predicted octanol–water partition coefficient (Wildman–Crippen LogP) is 1.72. The van der Waals surface area contributed by atoms with Crippen molar-refractivity contribution in [3.63, 3.8) is 0 Å². The van der Waals surface area contributed by atoms with Crippen molar-refractivity contribution in [1.29, 1.82) is 0 Å².